The van der Waals surface area contributed by atoms with Crippen LogP contribution in [0.25, 0.3) is 34.3 Å². The van der Waals surface area contributed by atoms with Crippen LogP contribution in [-0.4, -0.2) is 45.3 Å². The molecule has 0 bridgehead atoms. The molecular formula is C37H21Cl3F8N10O. The van der Waals surface area contributed by atoms with E-state index in [0.29, 0.717) is 22.2 Å². The predicted molar refractivity (Wildman–Crippen MR) is 204 cm³/mol. The molecule has 0 fully saturated rings. The molecule has 0 unspecified atom stereocenters. The summed E-state index contributed by atoms with van der Waals surface area (Å²) in [6, 6.07) is 21.0. The summed E-state index contributed by atoms with van der Waals surface area (Å²) in [5.41, 5.74) is -1.65. The lowest BCUT2D eigenvalue weighted by Crippen LogP contribution is -2.09. The van der Waals surface area contributed by atoms with Gasteiger partial charge < -0.3 is 15.4 Å². The second-order valence-corrected chi connectivity index (χ2v) is 13.3. The smallest absolute Gasteiger partial charge is 0.435 e. The van der Waals surface area contributed by atoms with Crippen molar-refractivity contribution in [3.05, 3.63) is 136 Å². The van der Waals surface area contributed by atoms with E-state index < -0.39 is 30.4 Å². The molecule has 2 aromatic carbocycles. The van der Waals surface area contributed by atoms with Crippen molar-refractivity contribution >= 4 is 69.1 Å². The molecule has 11 nitrogen and oxygen atoms in total. The number of alkyl halides is 8. The summed E-state index contributed by atoms with van der Waals surface area (Å²) in [7, 11) is 0. The van der Waals surface area contributed by atoms with Crippen molar-refractivity contribution < 1.29 is 39.9 Å². The zero-order valence-corrected chi connectivity index (χ0v) is 31.4. The van der Waals surface area contributed by atoms with E-state index in [9.17, 15) is 35.1 Å². The third-order valence-corrected chi connectivity index (χ3v) is 8.60. The molecule has 2 N–H and O–H groups in total. The molecule has 0 saturated heterocycles. The van der Waals surface area contributed by atoms with E-state index in [1.54, 1.807) is 30.3 Å². The number of aromatic nitrogens is 8. The number of nitrogens with zero attached hydrogens (tertiary/aromatic N) is 8. The van der Waals surface area contributed by atoms with Crippen LogP contribution in [0.3, 0.4) is 0 Å². The molecule has 0 aliphatic heterocycles. The van der Waals surface area contributed by atoms with E-state index in [1.807, 2.05) is 0 Å². The lowest BCUT2D eigenvalue weighted by molar-refractivity contribution is -0.141. The van der Waals surface area contributed by atoms with Gasteiger partial charge in [-0.2, -0.15) is 35.1 Å². The number of rotatable bonds is 8. The number of benzene rings is 2. The summed E-state index contributed by atoms with van der Waals surface area (Å²) in [6.45, 7) is -2.95. The standard InChI is InChI=1S/C19H11ClF5N5O.C18H10Cl2F3N5/c20-10-1-6-14-29-16(19(23,24)25)15(30(14)9-10)17-26-8-7-13(28-17)27-11-2-4-12(5-3-11)31-18(21)22;19-10-1-4-12(5-2-10)25-13-7-8-24-17(26-13)15-16(18(21,22)23)27-14-6-3-11(20)9-28(14)15/h1-9,18H,(H,26,27,28);1-9H,(H,24,25,26). The minimum absolute atomic E-state index is 0.0308. The Balaban J connectivity index is 0.000000180. The molecule has 0 aliphatic rings. The van der Waals surface area contributed by atoms with Gasteiger partial charge in [0.15, 0.2) is 23.0 Å². The van der Waals surface area contributed by atoms with Crippen LogP contribution >= 0.6 is 34.8 Å². The number of pyridine rings is 2. The first-order valence-electron chi connectivity index (χ1n) is 16.5. The van der Waals surface area contributed by atoms with Crippen molar-refractivity contribution in [1.82, 2.24) is 38.7 Å². The van der Waals surface area contributed by atoms with Gasteiger partial charge in [-0.25, -0.2) is 29.9 Å². The lowest BCUT2D eigenvalue weighted by Gasteiger charge is -2.10. The molecule has 0 aliphatic carbocycles. The van der Waals surface area contributed by atoms with E-state index in [-0.39, 0.29) is 55.9 Å². The Hall–Kier alpha value is -6.31. The average molecular weight is 880 g/mol. The van der Waals surface area contributed by atoms with Crippen LogP contribution in [0, 0.1) is 0 Å². The maximum atomic E-state index is 13.6. The van der Waals surface area contributed by atoms with Gasteiger partial charge in [0.25, 0.3) is 0 Å². The minimum atomic E-state index is -4.75. The number of hydrogen-bond donors (Lipinski definition) is 2. The second kappa shape index (κ2) is 16.5. The number of fused-ring (bicyclic) bond motifs is 2. The molecule has 0 spiro atoms. The summed E-state index contributed by atoms with van der Waals surface area (Å²) >= 11 is 17.8. The fourth-order valence-corrected chi connectivity index (χ4v) is 5.94. The van der Waals surface area contributed by atoms with Crippen LogP contribution in [0.4, 0.5) is 58.1 Å². The topological polar surface area (TPSA) is 119 Å². The van der Waals surface area contributed by atoms with Crippen molar-refractivity contribution in [3.63, 3.8) is 0 Å². The van der Waals surface area contributed by atoms with Gasteiger partial charge in [0.05, 0.1) is 10.0 Å². The Morgan fingerprint density at radius 1 is 0.525 bits per heavy atom. The number of nitrogens with one attached hydrogen (secondary N) is 2. The van der Waals surface area contributed by atoms with Crippen molar-refractivity contribution in [2.75, 3.05) is 10.6 Å². The average Bonchev–Trinajstić information content (AvgIpc) is 3.76. The Morgan fingerprint density at radius 2 is 0.932 bits per heavy atom. The Morgan fingerprint density at radius 3 is 1.34 bits per heavy atom. The Bertz CT molecular complexity index is 2760. The largest absolute Gasteiger partial charge is 0.435 e. The molecule has 59 heavy (non-hydrogen) atoms. The summed E-state index contributed by atoms with van der Waals surface area (Å²) in [5, 5.41) is 6.91. The first-order valence-corrected chi connectivity index (χ1v) is 17.7. The number of halogens is 11. The number of ether oxygens (including phenoxy) is 1. The lowest BCUT2D eigenvalue weighted by atomic mass is 10.3. The maximum absolute atomic E-state index is 13.6. The van der Waals surface area contributed by atoms with Crippen LogP contribution in [0.2, 0.25) is 15.1 Å². The third kappa shape index (κ3) is 9.54. The van der Waals surface area contributed by atoms with Crippen molar-refractivity contribution in [2.45, 2.75) is 19.0 Å². The van der Waals surface area contributed by atoms with Gasteiger partial charge in [-0.3, -0.25) is 8.80 Å². The quantitative estimate of drug-likeness (QED) is 0.144. The van der Waals surface area contributed by atoms with Gasteiger partial charge in [0.2, 0.25) is 0 Å². The number of anilines is 4. The molecule has 302 valence electrons. The first kappa shape index (κ1) is 40.9. The van der Waals surface area contributed by atoms with E-state index in [0.717, 1.165) is 0 Å². The van der Waals surface area contributed by atoms with E-state index >= 15 is 0 Å². The molecule has 0 amide bonds. The predicted octanol–water partition coefficient (Wildman–Crippen LogP) is 11.7. The second-order valence-electron chi connectivity index (χ2n) is 12.0. The van der Waals surface area contributed by atoms with E-state index in [2.05, 4.69) is 45.3 Å². The van der Waals surface area contributed by atoms with Gasteiger partial charge in [-0.05, 0) is 84.9 Å². The number of imidazole rings is 2. The molecular weight excluding hydrogens is 859 g/mol. The molecule has 8 rings (SSSR count). The van der Waals surface area contributed by atoms with Crippen LogP contribution in [-0.2, 0) is 12.4 Å². The van der Waals surface area contributed by atoms with Gasteiger partial charge in [-0.15, -0.1) is 0 Å². The third-order valence-electron chi connectivity index (χ3n) is 7.91. The van der Waals surface area contributed by atoms with Gasteiger partial charge in [0.1, 0.15) is 40.1 Å². The first-order chi connectivity index (χ1) is 28.0. The normalized spacial score (nSPS) is 11.8. The molecule has 6 aromatic heterocycles. The molecule has 0 radical (unpaired) electrons. The zero-order valence-electron chi connectivity index (χ0n) is 29.1. The molecule has 0 atom stereocenters. The fourth-order valence-electron chi connectivity index (χ4n) is 5.49. The van der Waals surface area contributed by atoms with E-state index in [1.165, 1.54) is 88.2 Å². The molecule has 0 saturated carbocycles. The highest BCUT2D eigenvalue weighted by Crippen LogP contribution is 2.38. The summed E-state index contributed by atoms with van der Waals surface area (Å²) in [6.07, 6.45) is -4.15. The maximum Gasteiger partial charge on any atom is 0.435 e. The van der Waals surface area contributed by atoms with Crippen molar-refractivity contribution in [2.24, 2.45) is 0 Å². The van der Waals surface area contributed by atoms with Gasteiger partial charge in [0, 0.05) is 41.2 Å². The highest BCUT2D eigenvalue weighted by molar-refractivity contribution is 6.31. The highest BCUT2D eigenvalue weighted by atomic mass is 35.5. The van der Waals surface area contributed by atoms with E-state index in [4.69, 9.17) is 34.8 Å². The monoisotopic (exact) mass is 878 g/mol. The van der Waals surface area contributed by atoms with Crippen LogP contribution in [0.15, 0.2) is 110 Å². The SMILES string of the molecule is FC(F)(F)c1nc2ccc(Cl)cn2c1-c1nccc(Nc2ccc(Cl)cc2)n1.FC(F)Oc1ccc(Nc2ccnc(-c3c(C(F)(F)F)nc4ccc(Cl)cn34)n2)cc1. The highest BCUT2D eigenvalue weighted by Gasteiger charge is 2.40. The zero-order chi connectivity index (χ0) is 42.1. The Kier molecular flexibility index (Phi) is 11.4. The summed E-state index contributed by atoms with van der Waals surface area (Å²) in [5.74, 6) is 0.0854. The van der Waals surface area contributed by atoms with Crippen LogP contribution in [0.5, 0.6) is 5.75 Å². The summed E-state index contributed by atoms with van der Waals surface area (Å²) < 4.78 is 113. The molecule has 6 heterocycles. The number of hydrogen-bond acceptors (Lipinski definition) is 9. The van der Waals surface area contributed by atoms with Crippen LogP contribution in [0.1, 0.15) is 11.4 Å². The Labute approximate surface area is 341 Å². The van der Waals surface area contributed by atoms with Crippen molar-refractivity contribution in [1.29, 1.82) is 0 Å². The van der Waals surface area contributed by atoms with Crippen LogP contribution < -0.4 is 15.4 Å². The van der Waals surface area contributed by atoms with Gasteiger partial charge in [-0.1, -0.05) is 34.8 Å². The van der Waals surface area contributed by atoms with Gasteiger partial charge >= 0.3 is 19.0 Å². The molecule has 8 aromatic rings. The van der Waals surface area contributed by atoms with Crippen molar-refractivity contribution in [3.8, 4) is 28.8 Å². The summed E-state index contributed by atoms with van der Waals surface area (Å²) in [4.78, 5) is 23.7. The fraction of sp³-hybridized carbons (Fsp3) is 0.0811. The molecule has 22 heteroatoms. The minimum Gasteiger partial charge on any atom is -0.435 e.